The molecule has 0 saturated heterocycles. The number of rotatable bonds is 1. The molecule has 0 radical (unpaired) electrons. The molecule has 0 bridgehead atoms. The van der Waals surface area contributed by atoms with Crippen LogP contribution in [0, 0.1) is 5.82 Å². The highest BCUT2D eigenvalue weighted by Gasteiger charge is 2.17. The summed E-state index contributed by atoms with van der Waals surface area (Å²) in [5.41, 5.74) is -0.147. The lowest BCUT2D eigenvalue weighted by Crippen LogP contribution is -2.04. The molecule has 0 atom stereocenters. The minimum absolute atomic E-state index is 0.147. The predicted molar refractivity (Wildman–Crippen MR) is 45.6 cm³/mol. The first-order valence-electron chi connectivity index (χ1n) is 3.15. The summed E-state index contributed by atoms with van der Waals surface area (Å²) in [4.78, 5) is 14.4. The summed E-state index contributed by atoms with van der Waals surface area (Å²) in [6.07, 6.45) is 1.06. The highest BCUT2D eigenvalue weighted by atomic mass is 35.5. The van der Waals surface area contributed by atoms with Crippen molar-refractivity contribution in [1.82, 2.24) is 4.98 Å². The Labute approximate surface area is 83.4 Å². The van der Waals surface area contributed by atoms with Gasteiger partial charge in [-0.3, -0.25) is 0 Å². The first kappa shape index (κ1) is 10.2. The van der Waals surface area contributed by atoms with Gasteiger partial charge in [0.1, 0.15) is 0 Å². The summed E-state index contributed by atoms with van der Waals surface area (Å²) in [6, 6.07) is 0. The first-order chi connectivity index (χ1) is 6.07. The number of carbonyl (C=O) groups is 1. The summed E-state index contributed by atoms with van der Waals surface area (Å²) in [5.74, 6) is -1.68. The van der Waals surface area contributed by atoms with Crippen molar-refractivity contribution in [2.75, 3.05) is 7.11 Å². The van der Waals surface area contributed by atoms with Crippen molar-refractivity contribution >= 4 is 29.2 Å². The Morgan fingerprint density at radius 3 is 2.77 bits per heavy atom. The predicted octanol–water partition coefficient (Wildman–Crippen LogP) is 2.31. The monoisotopic (exact) mass is 223 g/mol. The van der Waals surface area contributed by atoms with Gasteiger partial charge in [0.05, 0.1) is 17.7 Å². The number of nitrogens with zero attached hydrogens (tertiary/aromatic N) is 1. The Balaban J connectivity index is 3.26. The number of esters is 1. The van der Waals surface area contributed by atoms with Gasteiger partial charge in [-0.05, 0) is 0 Å². The lowest BCUT2D eigenvalue weighted by Gasteiger charge is -2.02. The fraction of sp³-hybridized carbons (Fsp3) is 0.143. The molecular weight excluding hydrogens is 220 g/mol. The molecule has 1 heterocycles. The normalized spacial score (nSPS) is 9.85. The number of ether oxygens (including phenoxy) is 1. The average molecular weight is 224 g/mol. The number of carbonyl (C=O) groups excluding carboxylic acids is 1. The van der Waals surface area contributed by atoms with Gasteiger partial charge in [-0.15, -0.1) is 0 Å². The highest BCUT2D eigenvalue weighted by molar-refractivity contribution is 6.36. The molecule has 0 amide bonds. The van der Waals surface area contributed by atoms with Crippen molar-refractivity contribution in [2.24, 2.45) is 0 Å². The highest BCUT2D eigenvalue weighted by Crippen LogP contribution is 2.24. The number of aromatic nitrogens is 1. The van der Waals surface area contributed by atoms with Gasteiger partial charge in [-0.2, -0.15) is 0 Å². The second-order valence-corrected chi connectivity index (χ2v) is 2.82. The van der Waals surface area contributed by atoms with Gasteiger partial charge in [0.2, 0.25) is 0 Å². The molecule has 1 aromatic rings. The van der Waals surface area contributed by atoms with Crippen LogP contribution in [0.1, 0.15) is 10.4 Å². The van der Waals surface area contributed by atoms with E-state index < -0.39 is 11.8 Å². The van der Waals surface area contributed by atoms with Crippen LogP contribution in [-0.2, 0) is 4.74 Å². The molecule has 0 aromatic carbocycles. The van der Waals surface area contributed by atoms with E-state index in [1.807, 2.05) is 0 Å². The molecule has 3 nitrogen and oxygen atoms in total. The Kier molecular flexibility index (Phi) is 3.06. The van der Waals surface area contributed by atoms with Crippen LogP contribution in [0.25, 0.3) is 0 Å². The number of methoxy groups -OCH3 is 1. The van der Waals surface area contributed by atoms with Crippen LogP contribution in [0.4, 0.5) is 4.39 Å². The van der Waals surface area contributed by atoms with E-state index in [9.17, 15) is 9.18 Å². The standard InChI is InChI=1S/C7H4Cl2FNO2/c1-13-7(12)3-2-11-6(9)5(10)4(3)8/h2H,1H3. The van der Waals surface area contributed by atoms with Gasteiger partial charge in [-0.1, -0.05) is 23.2 Å². The molecule has 0 N–H and O–H groups in total. The van der Waals surface area contributed by atoms with E-state index >= 15 is 0 Å². The van der Waals surface area contributed by atoms with Crippen molar-refractivity contribution in [1.29, 1.82) is 0 Å². The summed E-state index contributed by atoms with van der Waals surface area (Å²) in [7, 11) is 1.16. The third-order valence-corrected chi connectivity index (χ3v) is 1.96. The molecule has 0 saturated carbocycles. The van der Waals surface area contributed by atoms with E-state index in [2.05, 4.69) is 9.72 Å². The summed E-state index contributed by atoms with van der Waals surface area (Å²) >= 11 is 10.8. The van der Waals surface area contributed by atoms with Gasteiger partial charge in [0, 0.05) is 6.20 Å². The molecular formula is C7H4Cl2FNO2. The number of hydrogen-bond acceptors (Lipinski definition) is 3. The maximum absolute atomic E-state index is 13.0. The Morgan fingerprint density at radius 1 is 1.62 bits per heavy atom. The molecule has 0 aliphatic rings. The number of hydrogen-bond donors (Lipinski definition) is 0. The lowest BCUT2D eigenvalue weighted by molar-refractivity contribution is 0.0600. The fourth-order valence-corrected chi connectivity index (χ4v) is 1.10. The maximum Gasteiger partial charge on any atom is 0.341 e. The van der Waals surface area contributed by atoms with Gasteiger partial charge < -0.3 is 4.74 Å². The molecule has 6 heteroatoms. The molecule has 13 heavy (non-hydrogen) atoms. The van der Waals surface area contributed by atoms with E-state index in [4.69, 9.17) is 23.2 Å². The zero-order valence-electron chi connectivity index (χ0n) is 6.47. The van der Waals surface area contributed by atoms with E-state index in [1.54, 1.807) is 0 Å². The largest absolute Gasteiger partial charge is 0.465 e. The smallest absolute Gasteiger partial charge is 0.341 e. The van der Waals surface area contributed by atoms with E-state index in [0.717, 1.165) is 13.3 Å². The second kappa shape index (κ2) is 3.89. The Morgan fingerprint density at radius 2 is 2.23 bits per heavy atom. The van der Waals surface area contributed by atoms with Crippen molar-refractivity contribution in [3.8, 4) is 0 Å². The molecule has 1 rings (SSSR count). The van der Waals surface area contributed by atoms with Crippen molar-refractivity contribution in [3.63, 3.8) is 0 Å². The summed E-state index contributed by atoms with van der Waals surface area (Å²) in [6.45, 7) is 0. The lowest BCUT2D eigenvalue weighted by atomic mass is 10.3. The summed E-state index contributed by atoms with van der Waals surface area (Å²) in [5, 5.41) is -0.760. The van der Waals surface area contributed by atoms with E-state index in [0.29, 0.717) is 0 Å². The van der Waals surface area contributed by atoms with Crippen LogP contribution in [-0.4, -0.2) is 18.1 Å². The van der Waals surface area contributed by atoms with Crippen LogP contribution in [0.5, 0.6) is 0 Å². The average Bonchev–Trinajstić information content (AvgIpc) is 2.13. The van der Waals surface area contributed by atoms with Crippen molar-refractivity contribution < 1.29 is 13.9 Å². The quantitative estimate of drug-likeness (QED) is 0.542. The minimum atomic E-state index is -0.925. The van der Waals surface area contributed by atoms with Crippen molar-refractivity contribution in [2.45, 2.75) is 0 Å². The minimum Gasteiger partial charge on any atom is -0.465 e. The molecule has 0 unspecified atom stereocenters. The topological polar surface area (TPSA) is 39.2 Å². The Hall–Kier alpha value is -0.870. The van der Waals surface area contributed by atoms with Crippen LogP contribution in [0.15, 0.2) is 6.20 Å². The fourth-order valence-electron chi connectivity index (χ4n) is 0.696. The first-order valence-corrected chi connectivity index (χ1v) is 3.91. The molecule has 0 fully saturated rings. The molecule has 1 aromatic heterocycles. The van der Waals surface area contributed by atoms with Gasteiger partial charge in [0.15, 0.2) is 11.0 Å². The van der Waals surface area contributed by atoms with E-state index in [-0.39, 0.29) is 15.7 Å². The third-order valence-electron chi connectivity index (χ3n) is 1.32. The number of pyridine rings is 1. The van der Waals surface area contributed by atoms with Gasteiger partial charge >= 0.3 is 5.97 Å². The number of halogens is 3. The molecule has 0 aliphatic carbocycles. The SMILES string of the molecule is COC(=O)c1cnc(Cl)c(F)c1Cl. The second-order valence-electron chi connectivity index (χ2n) is 2.08. The molecule has 70 valence electrons. The zero-order valence-corrected chi connectivity index (χ0v) is 7.99. The Bertz CT molecular complexity index is 357. The van der Waals surface area contributed by atoms with Crippen LogP contribution in [0.3, 0.4) is 0 Å². The third kappa shape index (κ3) is 1.89. The van der Waals surface area contributed by atoms with Gasteiger partial charge in [0.25, 0.3) is 0 Å². The molecule has 0 spiro atoms. The van der Waals surface area contributed by atoms with Gasteiger partial charge in [-0.25, -0.2) is 14.2 Å². The van der Waals surface area contributed by atoms with Crippen LogP contribution < -0.4 is 0 Å². The zero-order chi connectivity index (χ0) is 10.0. The maximum atomic E-state index is 13.0. The summed E-state index contributed by atoms with van der Waals surface area (Å²) < 4.78 is 17.3. The molecule has 0 aliphatic heterocycles. The van der Waals surface area contributed by atoms with E-state index in [1.165, 1.54) is 0 Å². The van der Waals surface area contributed by atoms with Crippen LogP contribution in [0.2, 0.25) is 10.2 Å². The van der Waals surface area contributed by atoms with Crippen LogP contribution >= 0.6 is 23.2 Å². The van der Waals surface area contributed by atoms with Crippen molar-refractivity contribution in [3.05, 3.63) is 27.8 Å².